The highest BCUT2D eigenvalue weighted by atomic mass is 16.6. The van der Waals surface area contributed by atoms with Gasteiger partial charge in [0.1, 0.15) is 11.6 Å². The summed E-state index contributed by atoms with van der Waals surface area (Å²) in [4.78, 5) is 25.8. The van der Waals surface area contributed by atoms with Crippen molar-refractivity contribution in [2.24, 2.45) is 5.41 Å². The van der Waals surface area contributed by atoms with Gasteiger partial charge in [0, 0.05) is 6.54 Å². The van der Waals surface area contributed by atoms with Crippen LogP contribution in [0.25, 0.3) is 0 Å². The van der Waals surface area contributed by atoms with Gasteiger partial charge in [-0.1, -0.05) is 26.7 Å². The second kappa shape index (κ2) is 8.70. The Balaban J connectivity index is 2.61. The Morgan fingerprint density at radius 3 is 2.08 bits per heavy atom. The Hall–Kier alpha value is -1.30. The Bertz CT molecular complexity index is 421. The third-order valence-electron chi connectivity index (χ3n) is 4.10. The summed E-state index contributed by atoms with van der Waals surface area (Å²) in [6.07, 6.45) is 4.64. The van der Waals surface area contributed by atoms with Gasteiger partial charge in [-0.25, -0.2) is 9.59 Å². The predicted molar refractivity (Wildman–Crippen MR) is 94.1 cm³/mol. The molecule has 0 aromatic heterocycles. The van der Waals surface area contributed by atoms with Crippen LogP contribution in [0.4, 0.5) is 4.79 Å². The van der Waals surface area contributed by atoms with E-state index >= 15 is 0 Å². The molecule has 1 heterocycles. The zero-order valence-electron chi connectivity index (χ0n) is 15.9. The van der Waals surface area contributed by atoms with E-state index in [1.165, 1.54) is 25.7 Å². The Kier molecular flexibility index (Phi) is 7.52. The van der Waals surface area contributed by atoms with Crippen LogP contribution < -0.4 is 5.32 Å². The van der Waals surface area contributed by atoms with E-state index in [-0.39, 0.29) is 5.41 Å². The average Bonchev–Trinajstić information content (AvgIpc) is 2.63. The SMILES string of the molecule is CC(C)(CC(NC(=O)OC(C)(C)C)C(=O)O)CN1CCCCCC1. The molecule has 1 aliphatic rings. The first-order valence-electron chi connectivity index (χ1n) is 8.93. The van der Waals surface area contributed by atoms with Crippen molar-refractivity contribution in [2.75, 3.05) is 19.6 Å². The smallest absolute Gasteiger partial charge is 0.408 e. The van der Waals surface area contributed by atoms with E-state index in [1.807, 2.05) is 0 Å². The zero-order valence-corrected chi connectivity index (χ0v) is 15.9. The highest BCUT2D eigenvalue weighted by molar-refractivity contribution is 5.80. The number of hydrogen-bond acceptors (Lipinski definition) is 4. The second-order valence-corrected chi connectivity index (χ2v) is 8.60. The lowest BCUT2D eigenvalue weighted by molar-refractivity contribution is -0.140. The van der Waals surface area contributed by atoms with Gasteiger partial charge < -0.3 is 20.1 Å². The van der Waals surface area contributed by atoms with E-state index < -0.39 is 23.7 Å². The molecule has 6 heteroatoms. The van der Waals surface area contributed by atoms with Crippen LogP contribution in [0.15, 0.2) is 0 Å². The zero-order chi connectivity index (χ0) is 18.4. The van der Waals surface area contributed by atoms with Crippen LogP contribution >= 0.6 is 0 Å². The molecule has 0 radical (unpaired) electrons. The van der Waals surface area contributed by atoms with Crippen molar-refractivity contribution in [3.05, 3.63) is 0 Å². The van der Waals surface area contributed by atoms with Crippen LogP contribution in [0.1, 0.15) is 66.7 Å². The number of carboxylic acid groups (broad SMARTS) is 1. The van der Waals surface area contributed by atoms with Gasteiger partial charge in [0.15, 0.2) is 0 Å². The van der Waals surface area contributed by atoms with Crippen molar-refractivity contribution in [3.8, 4) is 0 Å². The van der Waals surface area contributed by atoms with Gasteiger partial charge in [-0.15, -0.1) is 0 Å². The van der Waals surface area contributed by atoms with Gasteiger partial charge >= 0.3 is 12.1 Å². The Morgan fingerprint density at radius 2 is 1.62 bits per heavy atom. The van der Waals surface area contributed by atoms with Crippen molar-refractivity contribution in [3.63, 3.8) is 0 Å². The van der Waals surface area contributed by atoms with Gasteiger partial charge in [0.2, 0.25) is 0 Å². The molecule has 1 aliphatic heterocycles. The van der Waals surface area contributed by atoms with Gasteiger partial charge in [-0.2, -0.15) is 0 Å². The molecule has 0 aromatic carbocycles. The molecule has 1 fully saturated rings. The molecule has 0 bridgehead atoms. The average molecular weight is 342 g/mol. The molecule has 1 saturated heterocycles. The molecule has 1 amide bonds. The van der Waals surface area contributed by atoms with Crippen LogP contribution in [0.2, 0.25) is 0 Å². The number of nitrogens with one attached hydrogen (secondary N) is 1. The summed E-state index contributed by atoms with van der Waals surface area (Å²) in [5.74, 6) is -1.02. The van der Waals surface area contributed by atoms with Crippen molar-refractivity contribution < 1.29 is 19.4 Å². The third-order valence-corrected chi connectivity index (χ3v) is 4.10. The van der Waals surface area contributed by atoms with Crippen molar-refractivity contribution in [1.82, 2.24) is 10.2 Å². The topological polar surface area (TPSA) is 78.9 Å². The number of carbonyl (C=O) groups excluding carboxylic acids is 1. The molecule has 0 spiro atoms. The maximum atomic E-state index is 11.9. The lowest BCUT2D eigenvalue weighted by Gasteiger charge is -2.34. The molecular weight excluding hydrogens is 308 g/mol. The van der Waals surface area contributed by atoms with E-state index in [4.69, 9.17) is 4.74 Å². The summed E-state index contributed by atoms with van der Waals surface area (Å²) < 4.78 is 5.18. The lowest BCUT2D eigenvalue weighted by Crippen LogP contribution is -2.47. The fourth-order valence-electron chi connectivity index (χ4n) is 3.17. The molecule has 0 aromatic rings. The number of carboxylic acids is 1. The van der Waals surface area contributed by atoms with Crippen LogP contribution in [-0.2, 0) is 9.53 Å². The number of hydrogen-bond donors (Lipinski definition) is 2. The number of likely N-dealkylation sites (tertiary alicyclic amines) is 1. The Labute approximate surface area is 145 Å². The number of ether oxygens (including phenoxy) is 1. The van der Waals surface area contributed by atoms with Crippen LogP contribution in [0, 0.1) is 5.41 Å². The summed E-state index contributed by atoms with van der Waals surface area (Å²) in [7, 11) is 0. The van der Waals surface area contributed by atoms with Gasteiger partial charge in [-0.3, -0.25) is 0 Å². The fourth-order valence-corrected chi connectivity index (χ4v) is 3.17. The van der Waals surface area contributed by atoms with Crippen LogP contribution in [0.5, 0.6) is 0 Å². The minimum Gasteiger partial charge on any atom is -0.480 e. The predicted octanol–water partition coefficient (Wildman–Crippen LogP) is 3.26. The number of carbonyl (C=O) groups is 2. The van der Waals surface area contributed by atoms with Crippen molar-refractivity contribution in [1.29, 1.82) is 0 Å². The van der Waals surface area contributed by atoms with Gasteiger partial charge in [0.05, 0.1) is 0 Å². The van der Waals surface area contributed by atoms with E-state index in [0.29, 0.717) is 6.42 Å². The molecule has 0 saturated carbocycles. The molecule has 2 N–H and O–H groups in total. The lowest BCUT2D eigenvalue weighted by atomic mass is 9.85. The molecular formula is C18H34N2O4. The number of nitrogens with zero attached hydrogens (tertiary/aromatic N) is 1. The Morgan fingerprint density at radius 1 is 1.08 bits per heavy atom. The number of aliphatic carboxylic acids is 1. The molecule has 1 atom stereocenters. The molecule has 0 aliphatic carbocycles. The summed E-state index contributed by atoms with van der Waals surface area (Å²) >= 11 is 0. The fraction of sp³-hybridized carbons (Fsp3) is 0.889. The normalized spacial score (nSPS) is 18.5. The summed E-state index contributed by atoms with van der Waals surface area (Å²) in [5, 5.41) is 12.0. The van der Waals surface area contributed by atoms with Crippen molar-refractivity contribution in [2.45, 2.75) is 78.4 Å². The first kappa shape index (κ1) is 20.7. The third kappa shape index (κ3) is 8.52. The maximum absolute atomic E-state index is 11.9. The second-order valence-electron chi connectivity index (χ2n) is 8.60. The van der Waals surface area contributed by atoms with Gasteiger partial charge in [-0.05, 0) is 58.5 Å². The van der Waals surface area contributed by atoms with Crippen molar-refractivity contribution >= 4 is 12.1 Å². The monoisotopic (exact) mass is 342 g/mol. The highest BCUT2D eigenvalue weighted by Gasteiger charge is 2.32. The molecule has 6 nitrogen and oxygen atoms in total. The van der Waals surface area contributed by atoms with E-state index in [2.05, 4.69) is 24.1 Å². The van der Waals surface area contributed by atoms with E-state index in [9.17, 15) is 14.7 Å². The largest absolute Gasteiger partial charge is 0.480 e. The molecule has 140 valence electrons. The molecule has 1 rings (SSSR count). The molecule has 24 heavy (non-hydrogen) atoms. The minimum absolute atomic E-state index is 0.206. The maximum Gasteiger partial charge on any atom is 0.408 e. The number of amides is 1. The summed E-state index contributed by atoms with van der Waals surface area (Å²) in [6.45, 7) is 12.4. The van der Waals surface area contributed by atoms with E-state index in [0.717, 1.165) is 19.6 Å². The van der Waals surface area contributed by atoms with Crippen LogP contribution in [0.3, 0.4) is 0 Å². The summed E-state index contributed by atoms with van der Waals surface area (Å²) in [6, 6.07) is -0.943. The number of rotatable bonds is 6. The first-order chi connectivity index (χ1) is 11.0. The quantitative estimate of drug-likeness (QED) is 0.774. The standard InChI is InChI=1S/C18H34N2O4/c1-17(2,3)24-16(23)19-14(15(21)22)12-18(4,5)13-20-10-8-6-7-9-11-20/h14H,6-13H2,1-5H3,(H,19,23)(H,21,22). The van der Waals surface area contributed by atoms with E-state index in [1.54, 1.807) is 20.8 Å². The van der Waals surface area contributed by atoms with Crippen LogP contribution in [-0.4, -0.2) is 53.3 Å². The summed E-state index contributed by atoms with van der Waals surface area (Å²) in [5.41, 5.74) is -0.850. The highest BCUT2D eigenvalue weighted by Crippen LogP contribution is 2.26. The number of alkyl carbamates (subject to hydrolysis) is 1. The van der Waals surface area contributed by atoms with Gasteiger partial charge in [0.25, 0.3) is 0 Å². The molecule has 1 unspecified atom stereocenters. The first-order valence-corrected chi connectivity index (χ1v) is 8.93. The minimum atomic E-state index is -1.02.